The van der Waals surface area contributed by atoms with Gasteiger partial charge in [-0.05, 0) is 44.9 Å². The normalized spacial score (nSPS) is 12.1. The minimum atomic E-state index is 0.234. The molecule has 7 heavy (non-hydrogen) atoms. The molecule has 0 rings (SSSR count). The lowest BCUT2D eigenvalue weighted by molar-refractivity contribution is 0.302. The molecule has 0 aromatic heterocycles. The Labute approximate surface area is 65.1 Å². The van der Waals surface area contributed by atoms with Gasteiger partial charge in [0.1, 0.15) is 0 Å². The Bertz CT molecular complexity index is 68.1. The van der Waals surface area contributed by atoms with Crippen molar-refractivity contribution in [2.45, 2.75) is 6.42 Å². The zero-order chi connectivity index (χ0) is 5.70. The predicted molar refractivity (Wildman–Crippen MR) is 42.7 cm³/mol. The molecular weight excluding hydrogens is 271 g/mol. The molecule has 0 aliphatic rings. The van der Waals surface area contributed by atoms with Crippen LogP contribution in [0.1, 0.15) is 6.42 Å². The lowest BCUT2D eigenvalue weighted by atomic mass is 10.5. The molecule has 0 aromatic rings. The molecule has 0 aromatic carbocycles. The van der Waals surface area contributed by atoms with Crippen molar-refractivity contribution >= 4 is 38.5 Å². The van der Waals surface area contributed by atoms with Gasteiger partial charge in [0.15, 0.2) is 0 Å². The fourth-order valence-corrected chi connectivity index (χ4v) is 0.714. The summed E-state index contributed by atoms with van der Waals surface area (Å²) in [4.78, 5) is 0. The van der Waals surface area contributed by atoms with E-state index in [0.717, 1.165) is 8.91 Å². The van der Waals surface area contributed by atoms with Crippen molar-refractivity contribution in [3.8, 4) is 0 Å². The van der Waals surface area contributed by atoms with Crippen molar-refractivity contribution in [2.75, 3.05) is 6.61 Å². The first kappa shape index (κ1) is 7.91. The van der Waals surface area contributed by atoms with E-state index in [1.165, 1.54) is 0 Å². The second-order valence-corrected chi connectivity index (χ2v) is 4.51. The molecule has 0 radical (unpaired) electrons. The van der Waals surface area contributed by atoms with E-state index in [2.05, 4.69) is 38.5 Å². The lowest BCUT2D eigenvalue weighted by Gasteiger charge is -1.81. The molecule has 0 unspecified atom stereocenters. The van der Waals surface area contributed by atoms with E-state index in [0.29, 0.717) is 0 Å². The number of aliphatic hydroxyl groups is 1. The van der Waals surface area contributed by atoms with Gasteiger partial charge in [0.2, 0.25) is 0 Å². The number of aliphatic hydroxyl groups excluding tert-OH is 1. The lowest BCUT2D eigenvalue weighted by Crippen LogP contribution is -1.74. The standard InChI is InChI=1S/C4H6BrIO/c5-4(6)2-1-3-7/h2,7H,1,3H2/b4-2+. The van der Waals surface area contributed by atoms with Crippen molar-refractivity contribution in [1.82, 2.24) is 0 Å². The second-order valence-electron chi connectivity index (χ2n) is 1.01. The van der Waals surface area contributed by atoms with Crippen LogP contribution in [-0.2, 0) is 0 Å². The largest absolute Gasteiger partial charge is 0.396 e. The van der Waals surface area contributed by atoms with Crippen LogP contribution in [0.4, 0.5) is 0 Å². The topological polar surface area (TPSA) is 20.2 Å². The SMILES string of the molecule is OCC/C=C(\Br)I. The third kappa shape index (κ3) is 6.91. The van der Waals surface area contributed by atoms with Gasteiger partial charge < -0.3 is 5.11 Å². The molecule has 0 saturated carbocycles. The van der Waals surface area contributed by atoms with Crippen LogP contribution in [0, 0.1) is 0 Å². The summed E-state index contributed by atoms with van der Waals surface area (Å²) >= 11 is 5.34. The Morgan fingerprint density at radius 1 is 1.86 bits per heavy atom. The Balaban J connectivity index is 3.08. The minimum absolute atomic E-state index is 0.234. The van der Waals surface area contributed by atoms with Crippen LogP contribution in [0.15, 0.2) is 8.57 Å². The molecule has 42 valence electrons. The average molecular weight is 277 g/mol. The van der Waals surface area contributed by atoms with Gasteiger partial charge in [-0.3, -0.25) is 0 Å². The number of rotatable bonds is 2. The van der Waals surface area contributed by atoms with E-state index >= 15 is 0 Å². The monoisotopic (exact) mass is 276 g/mol. The van der Waals surface area contributed by atoms with Gasteiger partial charge in [-0.1, -0.05) is 6.08 Å². The molecule has 1 N–H and O–H groups in total. The Morgan fingerprint density at radius 2 is 2.43 bits per heavy atom. The smallest absolute Gasteiger partial charge is 0.0520 e. The summed E-state index contributed by atoms with van der Waals surface area (Å²) in [6, 6.07) is 0. The van der Waals surface area contributed by atoms with Crippen molar-refractivity contribution in [3.63, 3.8) is 0 Å². The minimum Gasteiger partial charge on any atom is -0.396 e. The molecule has 1 nitrogen and oxygen atoms in total. The maximum Gasteiger partial charge on any atom is 0.0520 e. The molecular formula is C4H6BrIO. The number of halogens is 2. The summed E-state index contributed by atoms with van der Waals surface area (Å²) in [6.45, 7) is 0.234. The highest BCUT2D eigenvalue weighted by Crippen LogP contribution is 2.13. The highest BCUT2D eigenvalue weighted by molar-refractivity contribution is 14.1. The number of hydrogen-bond acceptors (Lipinski definition) is 1. The summed E-state index contributed by atoms with van der Waals surface area (Å²) < 4.78 is 1.05. The van der Waals surface area contributed by atoms with Crippen LogP contribution in [0.3, 0.4) is 0 Å². The third-order valence-corrected chi connectivity index (χ3v) is 1.19. The molecule has 0 bridgehead atoms. The van der Waals surface area contributed by atoms with Gasteiger partial charge >= 0.3 is 0 Å². The first-order valence-electron chi connectivity index (χ1n) is 1.89. The molecule has 0 atom stereocenters. The average Bonchev–Trinajstić information content (AvgIpc) is 1.61. The van der Waals surface area contributed by atoms with E-state index < -0.39 is 0 Å². The number of hydrogen-bond donors (Lipinski definition) is 1. The van der Waals surface area contributed by atoms with E-state index in [1.807, 2.05) is 6.08 Å². The second kappa shape index (κ2) is 5.05. The van der Waals surface area contributed by atoms with Gasteiger partial charge in [-0.15, -0.1) is 0 Å². The van der Waals surface area contributed by atoms with Gasteiger partial charge in [-0.2, -0.15) is 0 Å². The first-order chi connectivity index (χ1) is 3.27. The maximum absolute atomic E-state index is 8.25. The van der Waals surface area contributed by atoms with Crippen LogP contribution in [-0.4, -0.2) is 11.7 Å². The summed E-state index contributed by atoms with van der Waals surface area (Å²) in [5.74, 6) is 0. The van der Waals surface area contributed by atoms with Crippen molar-refractivity contribution in [1.29, 1.82) is 0 Å². The molecule has 3 heteroatoms. The quantitative estimate of drug-likeness (QED) is 0.766. The van der Waals surface area contributed by atoms with Crippen molar-refractivity contribution in [2.24, 2.45) is 0 Å². The van der Waals surface area contributed by atoms with Gasteiger partial charge in [0.05, 0.1) is 2.49 Å². The van der Waals surface area contributed by atoms with E-state index in [9.17, 15) is 0 Å². The van der Waals surface area contributed by atoms with Crippen molar-refractivity contribution < 1.29 is 5.11 Å². The van der Waals surface area contributed by atoms with E-state index in [4.69, 9.17) is 5.11 Å². The molecule has 0 aliphatic carbocycles. The van der Waals surface area contributed by atoms with Gasteiger partial charge in [-0.25, -0.2) is 0 Å². The fraction of sp³-hybridized carbons (Fsp3) is 0.500. The molecule has 0 spiro atoms. The first-order valence-corrected chi connectivity index (χ1v) is 3.76. The summed E-state index contributed by atoms with van der Waals surface area (Å²) in [5.41, 5.74) is 0. The van der Waals surface area contributed by atoms with Crippen LogP contribution < -0.4 is 0 Å². The Kier molecular flexibility index (Phi) is 5.71. The summed E-state index contributed by atoms with van der Waals surface area (Å²) in [6.07, 6.45) is 2.66. The Morgan fingerprint density at radius 3 is 2.57 bits per heavy atom. The Hall–Kier alpha value is 0.910. The van der Waals surface area contributed by atoms with E-state index in [1.54, 1.807) is 0 Å². The van der Waals surface area contributed by atoms with Crippen LogP contribution >= 0.6 is 38.5 Å². The maximum atomic E-state index is 8.25. The summed E-state index contributed by atoms with van der Waals surface area (Å²) in [7, 11) is 0. The van der Waals surface area contributed by atoms with Crippen LogP contribution in [0.25, 0.3) is 0 Å². The highest BCUT2D eigenvalue weighted by Gasteiger charge is 1.77. The summed E-state index contributed by atoms with van der Waals surface area (Å²) in [5, 5.41) is 8.25. The van der Waals surface area contributed by atoms with E-state index in [-0.39, 0.29) is 6.61 Å². The van der Waals surface area contributed by atoms with Crippen LogP contribution in [0.2, 0.25) is 0 Å². The molecule has 0 aliphatic heterocycles. The highest BCUT2D eigenvalue weighted by atomic mass is 127. The predicted octanol–water partition coefficient (Wildman–Crippen LogP) is 2.04. The molecule has 0 amide bonds. The van der Waals surface area contributed by atoms with Gasteiger partial charge in [0.25, 0.3) is 0 Å². The fourth-order valence-electron chi connectivity index (χ4n) is 0.174. The zero-order valence-corrected chi connectivity index (χ0v) is 7.44. The molecule has 0 fully saturated rings. The molecule has 0 saturated heterocycles. The zero-order valence-electron chi connectivity index (χ0n) is 3.69. The van der Waals surface area contributed by atoms with Crippen LogP contribution in [0.5, 0.6) is 0 Å². The van der Waals surface area contributed by atoms with Gasteiger partial charge in [0, 0.05) is 6.61 Å². The third-order valence-electron chi connectivity index (χ3n) is 0.428. The molecule has 0 heterocycles. The van der Waals surface area contributed by atoms with Crippen molar-refractivity contribution in [3.05, 3.63) is 8.57 Å².